The van der Waals surface area contributed by atoms with Gasteiger partial charge in [-0.05, 0) is 17.5 Å². The maximum atomic E-state index is 12.3. The molecule has 3 N–H and O–H groups in total. The molecule has 6 nitrogen and oxygen atoms in total. The molecule has 0 aliphatic carbocycles. The number of amides is 1. The van der Waals surface area contributed by atoms with Crippen molar-refractivity contribution in [3.63, 3.8) is 0 Å². The monoisotopic (exact) mass is 367 g/mol. The second-order valence-electron chi connectivity index (χ2n) is 6.12. The van der Waals surface area contributed by atoms with Gasteiger partial charge in [0.15, 0.2) is 5.82 Å². The van der Waals surface area contributed by atoms with Crippen molar-refractivity contribution in [2.45, 2.75) is 24.9 Å². The average Bonchev–Trinajstić information content (AvgIpc) is 3.01. The van der Waals surface area contributed by atoms with Crippen LogP contribution in [0.25, 0.3) is 11.4 Å². The van der Waals surface area contributed by atoms with Crippen molar-refractivity contribution >= 4 is 23.4 Å². The molecule has 1 aromatic heterocycles. The molecule has 2 aromatic carbocycles. The highest BCUT2D eigenvalue weighted by atomic mass is 32.2. The second kappa shape index (κ2) is 8.05. The van der Waals surface area contributed by atoms with Gasteiger partial charge < -0.3 is 11.2 Å². The van der Waals surface area contributed by atoms with Gasteiger partial charge in [0, 0.05) is 11.3 Å². The number of hydrogen-bond acceptors (Lipinski definition) is 5. The maximum absolute atomic E-state index is 12.3. The van der Waals surface area contributed by atoms with Crippen molar-refractivity contribution in [2.24, 2.45) is 0 Å². The molecule has 3 rings (SSSR count). The van der Waals surface area contributed by atoms with E-state index in [0.717, 1.165) is 16.8 Å². The Balaban J connectivity index is 1.65. The number of para-hydroxylation sites is 1. The number of aromatic nitrogens is 3. The molecule has 3 aromatic rings. The Bertz CT molecular complexity index is 892. The summed E-state index contributed by atoms with van der Waals surface area (Å²) in [5.74, 6) is 7.08. The van der Waals surface area contributed by atoms with Crippen LogP contribution in [0.2, 0.25) is 0 Å². The summed E-state index contributed by atoms with van der Waals surface area (Å²) in [5, 5.41) is 11.7. The predicted octanol–water partition coefficient (Wildman–Crippen LogP) is 3.51. The molecule has 0 aliphatic heterocycles. The van der Waals surface area contributed by atoms with Crippen LogP contribution >= 0.6 is 11.8 Å². The van der Waals surface area contributed by atoms with Crippen molar-refractivity contribution in [3.05, 3.63) is 60.2 Å². The Morgan fingerprint density at radius 1 is 1.12 bits per heavy atom. The van der Waals surface area contributed by atoms with Gasteiger partial charge >= 0.3 is 0 Å². The summed E-state index contributed by atoms with van der Waals surface area (Å²) >= 11 is 1.26. The summed E-state index contributed by atoms with van der Waals surface area (Å²) in [6, 6.07) is 17.4. The molecule has 134 valence electrons. The predicted molar refractivity (Wildman–Crippen MR) is 105 cm³/mol. The molecule has 26 heavy (non-hydrogen) atoms. The SMILES string of the molecule is CC(C)c1ccccc1NC(=O)CSc1nnc(-c2ccccc2)n1N. The van der Waals surface area contributed by atoms with Gasteiger partial charge in [-0.25, -0.2) is 4.68 Å². The third-order valence-electron chi connectivity index (χ3n) is 3.89. The highest BCUT2D eigenvalue weighted by Crippen LogP contribution is 2.25. The third kappa shape index (κ3) is 4.05. The molecular weight excluding hydrogens is 346 g/mol. The number of carbonyl (C=O) groups excluding carboxylic acids is 1. The zero-order valence-corrected chi connectivity index (χ0v) is 15.5. The summed E-state index contributed by atoms with van der Waals surface area (Å²) in [6.07, 6.45) is 0. The van der Waals surface area contributed by atoms with E-state index < -0.39 is 0 Å². The van der Waals surface area contributed by atoms with E-state index in [1.807, 2.05) is 54.6 Å². The Kier molecular flexibility index (Phi) is 5.58. The van der Waals surface area contributed by atoms with Gasteiger partial charge in [0.1, 0.15) is 0 Å². The van der Waals surface area contributed by atoms with Crippen molar-refractivity contribution < 1.29 is 4.79 Å². The number of nitrogens with zero attached hydrogens (tertiary/aromatic N) is 3. The maximum Gasteiger partial charge on any atom is 0.234 e. The highest BCUT2D eigenvalue weighted by molar-refractivity contribution is 7.99. The van der Waals surface area contributed by atoms with Crippen LogP contribution in [0, 0.1) is 0 Å². The molecule has 0 saturated heterocycles. The molecule has 0 spiro atoms. The van der Waals surface area contributed by atoms with E-state index in [-0.39, 0.29) is 11.7 Å². The first kappa shape index (κ1) is 18.0. The number of benzene rings is 2. The Labute approximate surface area is 156 Å². The minimum absolute atomic E-state index is 0.104. The topological polar surface area (TPSA) is 85.8 Å². The number of nitrogens with one attached hydrogen (secondary N) is 1. The van der Waals surface area contributed by atoms with Gasteiger partial charge in [-0.1, -0.05) is 74.1 Å². The summed E-state index contributed by atoms with van der Waals surface area (Å²) in [7, 11) is 0. The minimum atomic E-state index is -0.104. The fourth-order valence-electron chi connectivity index (χ4n) is 2.59. The van der Waals surface area contributed by atoms with Crippen LogP contribution in [-0.2, 0) is 4.79 Å². The number of nitrogen functional groups attached to an aromatic ring is 1. The first-order valence-corrected chi connectivity index (χ1v) is 9.32. The molecule has 0 radical (unpaired) electrons. The van der Waals surface area contributed by atoms with Crippen LogP contribution < -0.4 is 11.2 Å². The van der Waals surface area contributed by atoms with Crippen molar-refractivity contribution in [1.82, 2.24) is 14.9 Å². The number of rotatable bonds is 6. The van der Waals surface area contributed by atoms with Gasteiger partial charge in [-0.2, -0.15) is 0 Å². The molecule has 0 bridgehead atoms. The Morgan fingerprint density at radius 2 is 1.81 bits per heavy atom. The van der Waals surface area contributed by atoms with Gasteiger partial charge in [-0.15, -0.1) is 10.2 Å². The standard InChI is InChI=1S/C19H21N5OS/c1-13(2)15-10-6-7-11-16(15)21-17(25)12-26-19-23-22-18(24(19)20)14-8-4-3-5-9-14/h3-11,13H,12,20H2,1-2H3,(H,21,25). The van der Waals surface area contributed by atoms with Gasteiger partial charge in [0.2, 0.25) is 11.1 Å². The van der Waals surface area contributed by atoms with Crippen LogP contribution in [0.3, 0.4) is 0 Å². The molecule has 7 heteroatoms. The van der Waals surface area contributed by atoms with Crippen molar-refractivity contribution in [2.75, 3.05) is 16.9 Å². The van der Waals surface area contributed by atoms with Crippen LogP contribution in [0.15, 0.2) is 59.8 Å². The summed E-state index contributed by atoms with van der Waals surface area (Å²) in [5.41, 5.74) is 2.83. The lowest BCUT2D eigenvalue weighted by Gasteiger charge is -2.13. The minimum Gasteiger partial charge on any atom is -0.335 e. The second-order valence-corrected chi connectivity index (χ2v) is 7.06. The lowest BCUT2D eigenvalue weighted by Crippen LogP contribution is -2.17. The van der Waals surface area contributed by atoms with Gasteiger partial charge in [-0.3, -0.25) is 4.79 Å². The average molecular weight is 367 g/mol. The lowest BCUT2D eigenvalue weighted by atomic mass is 10.0. The summed E-state index contributed by atoms with van der Waals surface area (Å²) in [4.78, 5) is 12.3. The van der Waals surface area contributed by atoms with Crippen molar-refractivity contribution in [3.8, 4) is 11.4 Å². The fourth-order valence-corrected chi connectivity index (χ4v) is 3.25. The summed E-state index contributed by atoms with van der Waals surface area (Å²) < 4.78 is 1.41. The first-order chi connectivity index (χ1) is 12.6. The van der Waals surface area contributed by atoms with E-state index >= 15 is 0 Å². The van der Waals surface area contributed by atoms with Crippen molar-refractivity contribution in [1.29, 1.82) is 0 Å². The molecule has 0 atom stereocenters. The van der Waals surface area contributed by atoms with E-state index in [1.54, 1.807) is 0 Å². The van der Waals surface area contributed by atoms with E-state index in [4.69, 9.17) is 5.84 Å². The van der Waals surface area contributed by atoms with Gasteiger partial charge in [0.25, 0.3) is 0 Å². The van der Waals surface area contributed by atoms with Crippen LogP contribution in [-0.4, -0.2) is 26.5 Å². The Morgan fingerprint density at radius 3 is 2.54 bits per heavy atom. The quantitative estimate of drug-likeness (QED) is 0.514. The van der Waals surface area contributed by atoms with Crippen LogP contribution in [0.4, 0.5) is 5.69 Å². The number of thioether (sulfide) groups is 1. The smallest absolute Gasteiger partial charge is 0.234 e. The van der Waals surface area contributed by atoms with E-state index in [0.29, 0.717) is 16.9 Å². The molecule has 1 heterocycles. The zero-order chi connectivity index (χ0) is 18.5. The van der Waals surface area contributed by atoms with Crippen LogP contribution in [0.5, 0.6) is 0 Å². The largest absolute Gasteiger partial charge is 0.335 e. The van der Waals surface area contributed by atoms with Crippen LogP contribution in [0.1, 0.15) is 25.3 Å². The lowest BCUT2D eigenvalue weighted by molar-refractivity contribution is -0.113. The normalized spacial score (nSPS) is 10.9. The number of nitrogens with two attached hydrogens (primary N) is 1. The zero-order valence-electron chi connectivity index (χ0n) is 14.7. The third-order valence-corrected chi connectivity index (χ3v) is 4.83. The van der Waals surface area contributed by atoms with E-state index in [1.165, 1.54) is 16.4 Å². The number of carbonyl (C=O) groups is 1. The first-order valence-electron chi connectivity index (χ1n) is 8.33. The van der Waals surface area contributed by atoms with E-state index in [9.17, 15) is 4.79 Å². The van der Waals surface area contributed by atoms with Gasteiger partial charge in [0.05, 0.1) is 5.75 Å². The summed E-state index contributed by atoms with van der Waals surface area (Å²) in [6.45, 7) is 4.20. The molecule has 0 unspecified atom stereocenters. The highest BCUT2D eigenvalue weighted by Gasteiger charge is 2.14. The van der Waals surface area contributed by atoms with E-state index in [2.05, 4.69) is 29.4 Å². The molecular formula is C19H21N5OS. The molecule has 0 fully saturated rings. The number of hydrogen-bond donors (Lipinski definition) is 2. The fraction of sp³-hybridized carbons (Fsp3) is 0.211. The number of anilines is 1. The Hall–Kier alpha value is -2.80. The molecule has 0 saturated carbocycles. The molecule has 0 aliphatic rings. The molecule has 1 amide bonds.